The number of halogens is 1. The van der Waals surface area contributed by atoms with Gasteiger partial charge in [0.1, 0.15) is 6.54 Å². The van der Waals surface area contributed by atoms with E-state index < -0.39 is 13.2 Å². The molecule has 27 heavy (non-hydrogen) atoms. The Morgan fingerprint density at radius 2 is 1.41 bits per heavy atom. The van der Waals surface area contributed by atoms with Crippen LogP contribution in [0.5, 0.6) is 0 Å². The Labute approximate surface area is 165 Å². The Hall–Kier alpha value is -1.90. The zero-order valence-corrected chi connectivity index (χ0v) is 16.7. The second-order valence-corrected chi connectivity index (χ2v) is 9.59. The smallest absolute Gasteiger partial charge is 0.261 e. The van der Waals surface area contributed by atoms with Crippen molar-refractivity contribution in [2.24, 2.45) is 0 Å². The second-order valence-electron chi connectivity index (χ2n) is 6.64. The van der Waals surface area contributed by atoms with Gasteiger partial charge in [-0.05, 0) is 24.1 Å². The average Bonchev–Trinajstić information content (AvgIpc) is 2.69. The molecule has 0 aromatic heterocycles. The molecule has 0 heterocycles. The summed E-state index contributed by atoms with van der Waals surface area (Å²) in [6, 6.07) is 27.1. The maximum Gasteiger partial charge on any atom is 0.261 e. The first-order valence-electron chi connectivity index (χ1n) is 9.03. The first-order chi connectivity index (χ1) is 13.0. The highest BCUT2D eigenvalue weighted by Crippen LogP contribution is 2.52. The summed E-state index contributed by atoms with van der Waals surface area (Å²) in [6.07, 6.45) is 0.827. The topological polar surface area (TPSA) is 53.9 Å². The van der Waals surface area contributed by atoms with Gasteiger partial charge in [0, 0.05) is 22.3 Å². The van der Waals surface area contributed by atoms with Crippen molar-refractivity contribution >= 4 is 19.0 Å². The monoisotopic (exact) mass is 400 g/mol. The van der Waals surface area contributed by atoms with Gasteiger partial charge in [-0.15, -0.1) is 0 Å². The summed E-state index contributed by atoms with van der Waals surface area (Å²) in [5.74, 6) is -0.515. The molecule has 0 saturated heterocycles. The fourth-order valence-corrected chi connectivity index (χ4v) is 5.18. The normalized spacial score (nSPS) is 14.4. The van der Waals surface area contributed by atoms with Crippen LogP contribution in [0.2, 0.25) is 5.02 Å². The summed E-state index contributed by atoms with van der Waals surface area (Å²) < 4.78 is 13.3. The predicted octanol–water partition coefficient (Wildman–Crippen LogP) is 4.62. The number of rotatable bonds is 8. The molecule has 140 valence electrons. The maximum atomic E-state index is 13.3. The summed E-state index contributed by atoms with van der Waals surface area (Å²) >= 11 is 6.00. The van der Waals surface area contributed by atoms with Crippen molar-refractivity contribution in [3.63, 3.8) is 0 Å². The first-order valence-corrected chi connectivity index (χ1v) is 11.3. The van der Waals surface area contributed by atoms with E-state index in [-0.39, 0.29) is 6.16 Å². The largest absolute Gasteiger partial charge is 0.340 e. The van der Waals surface area contributed by atoms with Crippen molar-refractivity contribution in [3.8, 4) is 0 Å². The highest BCUT2D eigenvalue weighted by molar-refractivity contribution is 7.58. The van der Waals surface area contributed by atoms with Crippen molar-refractivity contribution in [1.82, 2.24) is 0 Å². The van der Waals surface area contributed by atoms with Gasteiger partial charge < -0.3 is 10.2 Å². The van der Waals surface area contributed by atoms with E-state index in [1.165, 1.54) is 0 Å². The molecule has 3 N–H and O–H groups in total. The van der Waals surface area contributed by atoms with Gasteiger partial charge in [-0.3, -0.25) is 4.57 Å². The van der Waals surface area contributed by atoms with Crippen LogP contribution >= 0.6 is 19.0 Å². The van der Waals surface area contributed by atoms with Crippen LogP contribution in [0.3, 0.4) is 0 Å². The van der Waals surface area contributed by atoms with Gasteiger partial charge in [0.15, 0.2) is 5.78 Å². The molecule has 0 amide bonds. The van der Waals surface area contributed by atoms with Gasteiger partial charge >= 0.3 is 0 Å². The standard InChI is InChI=1S/C22H23ClNO2P/c23-21-13-11-20(12-14-21)22(24-17-19-9-5-2-6-10-19)27(25,26)16-15-18-7-3-1-4-8-18/h1-14,22,24H,15-17H2,(H,25,26)/p+1/t22-/m1/s1. The van der Waals surface area contributed by atoms with E-state index in [1.54, 1.807) is 12.1 Å². The van der Waals surface area contributed by atoms with Crippen LogP contribution in [0, 0.1) is 0 Å². The molecule has 3 aromatic rings. The molecule has 3 aromatic carbocycles. The maximum absolute atomic E-state index is 13.3. The number of hydrogen-bond acceptors (Lipinski definition) is 1. The van der Waals surface area contributed by atoms with E-state index in [4.69, 9.17) is 11.6 Å². The summed E-state index contributed by atoms with van der Waals surface area (Å²) in [6.45, 7) is 0.643. The van der Waals surface area contributed by atoms with Crippen LogP contribution in [0.4, 0.5) is 0 Å². The minimum Gasteiger partial charge on any atom is -0.340 e. The van der Waals surface area contributed by atoms with Crippen molar-refractivity contribution in [1.29, 1.82) is 0 Å². The first kappa shape index (κ1) is 19.9. The average molecular weight is 401 g/mol. The SMILES string of the molecule is O=P(O)(CCc1ccccc1)[C@@H]([NH2+]Cc1ccccc1)c1ccc(Cl)cc1. The molecule has 0 aliphatic rings. The predicted molar refractivity (Wildman–Crippen MR) is 111 cm³/mol. The van der Waals surface area contributed by atoms with Gasteiger partial charge in [0.2, 0.25) is 0 Å². The molecule has 0 aliphatic carbocycles. The molecule has 0 spiro atoms. The Bertz CT molecular complexity index is 885. The number of benzene rings is 3. The molecular formula is C22H24ClNO2P+. The lowest BCUT2D eigenvalue weighted by Crippen LogP contribution is -2.83. The van der Waals surface area contributed by atoms with E-state index in [1.807, 2.05) is 78.1 Å². The van der Waals surface area contributed by atoms with Gasteiger partial charge in [0.25, 0.3) is 7.37 Å². The lowest BCUT2D eigenvalue weighted by molar-refractivity contribution is -0.692. The Morgan fingerprint density at radius 1 is 0.852 bits per heavy atom. The molecule has 0 bridgehead atoms. The van der Waals surface area contributed by atoms with Gasteiger partial charge in [0.05, 0.1) is 0 Å². The molecule has 3 nitrogen and oxygen atoms in total. The van der Waals surface area contributed by atoms with Crippen molar-refractivity contribution in [2.75, 3.05) is 6.16 Å². The Morgan fingerprint density at radius 3 is 2.00 bits per heavy atom. The number of aryl methyl sites for hydroxylation is 1. The van der Waals surface area contributed by atoms with Crippen molar-refractivity contribution < 1.29 is 14.8 Å². The lowest BCUT2D eigenvalue weighted by atomic mass is 10.2. The molecule has 0 aliphatic heterocycles. The number of hydrogen-bond donors (Lipinski definition) is 2. The summed E-state index contributed by atoms with van der Waals surface area (Å²) in [4.78, 5) is 10.9. The van der Waals surface area contributed by atoms with Crippen LogP contribution in [-0.2, 0) is 17.5 Å². The lowest BCUT2D eigenvalue weighted by Gasteiger charge is -2.22. The van der Waals surface area contributed by atoms with E-state index >= 15 is 0 Å². The quantitative estimate of drug-likeness (QED) is 0.542. The second kappa shape index (κ2) is 9.34. The van der Waals surface area contributed by atoms with Crippen LogP contribution in [0.1, 0.15) is 22.5 Å². The fraction of sp³-hybridized carbons (Fsp3) is 0.182. The Kier molecular flexibility index (Phi) is 6.87. The van der Waals surface area contributed by atoms with E-state index in [0.29, 0.717) is 18.0 Å². The molecule has 0 fully saturated rings. The zero-order valence-electron chi connectivity index (χ0n) is 15.0. The highest BCUT2D eigenvalue weighted by Gasteiger charge is 2.35. The number of nitrogens with two attached hydrogens (primary N) is 1. The third-order valence-electron chi connectivity index (χ3n) is 4.63. The molecule has 0 saturated carbocycles. The van der Waals surface area contributed by atoms with Crippen molar-refractivity contribution in [3.05, 3.63) is 107 Å². The third kappa shape index (κ3) is 5.79. The van der Waals surface area contributed by atoms with Crippen LogP contribution < -0.4 is 5.32 Å². The fourth-order valence-electron chi connectivity index (χ4n) is 3.13. The van der Waals surface area contributed by atoms with Gasteiger partial charge in [-0.25, -0.2) is 0 Å². The van der Waals surface area contributed by atoms with Gasteiger partial charge in [-0.1, -0.05) is 84.4 Å². The van der Waals surface area contributed by atoms with E-state index in [2.05, 4.69) is 0 Å². The molecule has 5 heteroatoms. The summed E-state index contributed by atoms with van der Waals surface area (Å²) in [7, 11) is -3.44. The molecular weight excluding hydrogens is 377 g/mol. The minimum absolute atomic E-state index is 0.246. The Balaban J connectivity index is 1.78. The van der Waals surface area contributed by atoms with Crippen LogP contribution in [0.15, 0.2) is 84.9 Å². The van der Waals surface area contributed by atoms with Gasteiger partial charge in [-0.2, -0.15) is 0 Å². The van der Waals surface area contributed by atoms with E-state index in [9.17, 15) is 9.46 Å². The van der Waals surface area contributed by atoms with E-state index in [0.717, 1.165) is 16.7 Å². The zero-order chi connectivity index (χ0) is 19.1. The third-order valence-corrected chi connectivity index (χ3v) is 7.12. The molecule has 1 unspecified atom stereocenters. The summed E-state index contributed by atoms with van der Waals surface area (Å²) in [5, 5.41) is 2.59. The van der Waals surface area contributed by atoms with Crippen molar-refractivity contribution in [2.45, 2.75) is 18.7 Å². The minimum atomic E-state index is -3.44. The molecule has 3 rings (SSSR count). The summed E-state index contributed by atoms with van der Waals surface area (Å²) in [5.41, 5.74) is 3.03. The molecule has 0 radical (unpaired) electrons. The highest BCUT2D eigenvalue weighted by atomic mass is 35.5. The van der Waals surface area contributed by atoms with Crippen LogP contribution in [-0.4, -0.2) is 11.1 Å². The molecule has 2 atom stereocenters. The number of quaternary nitrogens is 1. The van der Waals surface area contributed by atoms with Crippen LogP contribution in [0.25, 0.3) is 0 Å².